The number of benzene rings is 1. The highest BCUT2D eigenvalue weighted by Gasteiger charge is 2.33. The number of carbonyl (C=O) groups is 1. The van der Waals surface area contributed by atoms with E-state index in [1.54, 1.807) is 7.11 Å². The van der Waals surface area contributed by atoms with Crippen molar-refractivity contribution in [2.45, 2.75) is 51.0 Å². The number of ether oxygens (including phenoxy) is 1. The van der Waals surface area contributed by atoms with Crippen LogP contribution in [0.1, 0.15) is 53.7 Å². The van der Waals surface area contributed by atoms with Crippen molar-refractivity contribution in [1.29, 1.82) is 0 Å². The van der Waals surface area contributed by atoms with Gasteiger partial charge in [-0.1, -0.05) is 18.6 Å². The molecule has 3 heterocycles. The van der Waals surface area contributed by atoms with Crippen LogP contribution in [0, 0.1) is 5.92 Å². The summed E-state index contributed by atoms with van der Waals surface area (Å²) in [6.45, 7) is 3.22. The Morgan fingerprint density at radius 3 is 2.97 bits per heavy atom. The van der Waals surface area contributed by atoms with Gasteiger partial charge in [0.1, 0.15) is 11.4 Å². The van der Waals surface area contributed by atoms with Crippen molar-refractivity contribution in [3.05, 3.63) is 35.0 Å². The number of fused-ring (bicyclic) bond motifs is 4. The summed E-state index contributed by atoms with van der Waals surface area (Å²) in [6, 6.07) is 6.69. The molecule has 0 bridgehead atoms. The molecule has 5 rings (SSSR count). The third-order valence-corrected chi connectivity index (χ3v) is 7.08. The fourth-order valence-electron chi connectivity index (χ4n) is 5.63. The average molecular weight is 395 g/mol. The van der Waals surface area contributed by atoms with Crippen molar-refractivity contribution < 1.29 is 9.53 Å². The molecule has 6 heteroatoms. The van der Waals surface area contributed by atoms with Crippen molar-refractivity contribution in [2.75, 3.05) is 26.7 Å². The van der Waals surface area contributed by atoms with Gasteiger partial charge in [-0.25, -0.2) is 0 Å². The lowest BCUT2D eigenvalue weighted by atomic mass is 9.83. The van der Waals surface area contributed by atoms with E-state index >= 15 is 0 Å². The molecule has 3 aliphatic rings. The largest absolute Gasteiger partial charge is 0.496 e. The third kappa shape index (κ3) is 3.33. The van der Waals surface area contributed by atoms with E-state index in [2.05, 4.69) is 26.5 Å². The zero-order chi connectivity index (χ0) is 19.8. The zero-order valence-corrected chi connectivity index (χ0v) is 17.2. The summed E-state index contributed by atoms with van der Waals surface area (Å²) < 4.78 is 5.51. The predicted molar refractivity (Wildman–Crippen MR) is 112 cm³/mol. The lowest BCUT2D eigenvalue weighted by Crippen LogP contribution is -2.51. The van der Waals surface area contributed by atoms with E-state index in [0.29, 0.717) is 17.7 Å². The zero-order valence-electron chi connectivity index (χ0n) is 17.2. The van der Waals surface area contributed by atoms with Gasteiger partial charge in [0.05, 0.1) is 12.8 Å². The molecule has 1 aliphatic carbocycles. The van der Waals surface area contributed by atoms with E-state index in [-0.39, 0.29) is 5.91 Å². The van der Waals surface area contributed by atoms with E-state index in [0.717, 1.165) is 42.0 Å². The lowest BCUT2D eigenvalue weighted by molar-refractivity contribution is 0.0575. The number of carbonyl (C=O) groups excluding carboxylic acids is 1. The summed E-state index contributed by atoms with van der Waals surface area (Å²) in [5.74, 6) is 1.45. The minimum atomic E-state index is -0.0157. The predicted octanol–water partition coefficient (Wildman–Crippen LogP) is 3.18. The van der Waals surface area contributed by atoms with E-state index in [1.807, 2.05) is 12.1 Å². The second-order valence-corrected chi connectivity index (χ2v) is 8.62. The molecule has 2 aliphatic heterocycles. The Labute approximate surface area is 172 Å². The van der Waals surface area contributed by atoms with Gasteiger partial charge in [0.25, 0.3) is 5.91 Å². The van der Waals surface area contributed by atoms with E-state index in [1.165, 1.54) is 50.8 Å². The van der Waals surface area contributed by atoms with Crippen LogP contribution < -0.4 is 10.1 Å². The second-order valence-electron chi connectivity index (χ2n) is 8.62. The Bertz CT molecular complexity index is 904. The van der Waals surface area contributed by atoms with Crippen LogP contribution in [0.4, 0.5) is 0 Å². The molecule has 2 aromatic rings. The van der Waals surface area contributed by atoms with Gasteiger partial charge in [-0.2, -0.15) is 5.10 Å². The highest BCUT2D eigenvalue weighted by atomic mass is 16.5. The molecule has 0 unspecified atom stereocenters. The maximum atomic E-state index is 13.0. The normalized spacial score (nSPS) is 23.6. The highest BCUT2D eigenvalue weighted by Crippen LogP contribution is 2.38. The molecule has 154 valence electrons. The first-order valence-corrected chi connectivity index (χ1v) is 11.0. The van der Waals surface area contributed by atoms with Gasteiger partial charge < -0.3 is 15.0 Å². The molecule has 1 amide bonds. The molecule has 2 fully saturated rings. The molecule has 0 spiro atoms. The minimum absolute atomic E-state index is 0.0157. The quantitative estimate of drug-likeness (QED) is 0.836. The smallest absolute Gasteiger partial charge is 0.269 e. The van der Waals surface area contributed by atoms with Crippen LogP contribution in [0.5, 0.6) is 5.75 Å². The molecule has 1 aromatic carbocycles. The standard InChI is InChI=1S/C23H30N4O2/c1-29-20-9-4-7-17-16(20)10-11-18-21(17)25-26-22(18)23(28)24-14-15-6-5-13-27-12-3-2-8-19(15)27/h4,7,9,15,19H,2-3,5-6,8,10-14H2,1H3,(H,24,28)(H,25,26)/t15-,19+/m1/s1. The van der Waals surface area contributed by atoms with Gasteiger partial charge in [0.2, 0.25) is 0 Å². The number of H-pyrrole nitrogens is 1. The number of rotatable bonds is 4. The number of hydrogen-bond donors (Lipinski definition) is 2. The summed E-state index contributed by atoms with van der Waals surface area (Å²) in [7, 11) is 1.70. The number of nitrogens with one attached hydrogen (secondary N) is 2. The van der Waals surface area contributed by atoms with Gasteiger partial charge >= 0.3 is 0 Å². The molecule has 1 aromatic heterocycles. The third-order valence-electron chi connectivity index (χ3n) is 7.08. The Morgan fingerprint density at radius 2 is 2.07 bits per heavy atom. The van der Waals surface area contributed by atoms with Crippen LogP contribution in [0.25, 0.3) is 11.3 Å². The van der Waals surface area contributed by atoms with E-state index in [9.17, 15) is 4.79 Å². The highest BCUT2D eigenvalue weighted by molar-refractivity contribution is 5.96. The van der Waals surface area contributed by atoms with Gasteiger partial charge in [-0.15, -0.1) is 0 Å². The molecule has 29 heavy (non-hydrogen) atoms. The lowest BCUT2D eigenvalue weighted by Gasteiger charge is -2.44. The SMILES string of the molecule is COc1cccc2c1CCc1c-2n[nH]c1C(=O)NC[C@H]1CCCN2CCCC[C@@H]12. The minimum Gasteiger partial charge on any atom is -0.496 e. The molecule has 2 N–H and O–H groups in total. The average Bonchev–Trinajstić information content (AvgIpc) is 3.21. The van der Waals surface area contributed by atoms with Crippen molar-refractivity contribution >= 4 is 5.91 Å². The molecule has 2 saturated heterocycles. The van der Waals surface area contributed by atoms with Crippen molar-refractivity contribution in [1.82, 2.24) is 20.4 Å². The van der Waals surface area contributed by atoms with Crippen molar-refractivity contribution in [3.8, 4) is 17.0 Å². The maximum absolute atomic E-state index is 13.0. The van der Waals surface area contributed by atoms with E-state index in [4.69, 9.17) is 4.74 Å². The first-order valence-electron chi connectivity index (χ1n) is 11.0. The number of hydrogen-bond acceptors (Lipinski definition) is 4. The molecule has 6 nitrogen and oxygen atoms in total. The summed E-state index contributed by atoms with van der Waals surface area (Å²) in [5.41, 5.74) is 4.81. The Balaban J connectivity index is 1.31. The van der Waals surface area contributed by atoms with Gasteiger partial charge in [0, 0.05) is 29.3 Å². The van der Waals surface area contributed by atoms with Gasteiger partial charge in [-0.3, -0.25) is 9.89 Å². The van der Waals surface area contributed by atoms with Crippen LogP contribution in [-0.4, -0.2) is 53.8 Å². The fraction of sp³-hybridized carbons (Fsp3) is 0.565. The van der Waals surface area contributed by atoms with Crippen molar-refractivity contribution in [3.63, 3.8) is 0 Å². The maximum Gasteiger partial charge on any atom is 0.269 e. The topological polar surface area (TPSA) is 70.2 Å². The number of piperidine rings is 2. The van der Waals surface area contributed by atoms with Crippen LogP contribution in [0.2, 0.25) is 0 Å². The molecular weight excluding hydrogens is 364 g/mol. The monoisotopic (exact) mass is 394 g/mol. The summed E-state index contributed by atoms with van der Waals surface area (Å²) >= 11 is 0. The summed E-state index contributed by atoms with van der Waals surface area (Å²) in [4.78, 5) is 15.6. The molecular formula is C23H30N4O2. The number of aromatic amines is 1. The first-order chi connectivity index (χ1) is 14.3. The number of methoxy groups -OCH3 is 1. The van der Waals surface area contributed by atoms with Crippen LogP contribution in [0.3, 0.4) is 0 Å². The van der Waals surface area contributed by atoms with Crippen LogP contribution in [-0.2, 0) is 12.8 Å². The van der Waals surface area contributed by atoms with E-state index < -0.39 is 0 Å². The Hall–Kier alpha value is -2.34. The van der Waals surface area contributed by atoms with Crippen molar-refractivity contribution in [2.24, 2.45) is 5.92 Å². The molecule has 0 radical (unpaired) electrons. The first kappa shape index (κ1) is 18.7. The summed E-state index contributed by atoms with van der Waals surface area (Å²) in [5, 5.41) is 10.8. The molecule has 0 saturated carbocycles. The summed E-state index contributed by atoms with van der Waals surface area (Å²) in [6.07, 6.45) is 8.06. The second kappa shape index (κ2) is 7.82. The van der Waals surface area contributed by atoms with Gasteiger partial charge in [-0.05, 0) is 63.6 Å². The number of amides is 1. The Morgan fingerprint density at radius 1 is 1.21 bits per heavy atom. The van der Waals surface area contributed by atoms with Gasteiger partial charge in [0.15, 0.2) is 0 Å². The number of aromatic nitrogens is 2. The molecule has 2 atom stereocenters. The van der Waals surface area contributed by atoms with Crippen LogP contribution in [0.15, 0.2) is 18.2 Å². The number of nitrogens with zero attached hydrogens (tertiary/aromatic N) is 2. The van der Waals surface area contributed by atoms with Crippen LogP contribution >= 0.6 is 0 Å². The fourth-order valence-corrected chi connectivity index (χ4v) is 5.63. The Kier molecular flexibility index (Phi) is 5.04.